The molecule has 1 N–H and O–H groups in total. The van der Waals surface area contributed by atoms with E-state index in [9.17, 15) is 0 Å². The summed E-state index contributed by atoms with van der Waals surface area (Å²) in [6, 6.07) is 2.87. The van der Waals surface area contributed by atoms with Gasteiger partial charge in [-0.25, -0.2) is 0 Å². The van der Waals surface area contributed by atoms with Gasteiger partial charge in [-0.05, 0) is 31.9 Å². The molecule has 1 aromatic rings. The maximum absolute atomic E-state index is 4.62. The Hall–Kier alpha value is -0.480. The lowest BCUT2D eigenvalue weighted by molar-refractivity contribution is 0.667. The van der Waals surface area contributed by atoms with Crippen LogP contribution < -0.4 is 5.32 Å². The Bertz CT molecular complexity index is 376. The first kappa shape index (κ1) is 12.0. The van der Waals surface area contributed by atoms with Crippen LogP contribution in [0.3, 0.4) is 0 Å². The average Bonchev–Trinajstić information content (AvgIpc) is 2.84. The van der Waals surface area contributed by atoms with Crippen LogP contribution in [0.4, 0.5) is 0 Å². The van der Waals surface area contributed by atoms with E-state index >= 15 is 0 Å². The molecule has 0 saturated carbocycles. The van der Waals surface area contributed by atoms with E-state index in [1.54, 1.807) is 0 Å². The fourth-order valence-electron chi connectivity index (χ4n) is 1.63. The van der Waals surface area contributed by atoms with Gasteiger partial charge in [0.1, 0.15) is 0 Å². The van der Waals surface area contributed by atoms with Crippen molar-refractivity contribution in [1.29, 1.82) is 0 Å². The zero-order valence-electron chi connectivity index (χ0n) is 10.0. The predicted octanol–water partition coefficient (Wildman–Crippen LogP) is 3.34. The van der Waals surface area contributed by atoms with Gasteiger partial charge in [0.15, 0.2) is 5.17 Å². The lowest BCUT2D eigenvalue weighted by Gasteiger charge is -2.04. The van der Waals surface area contributed by atoms with Crippen LogP contribution in [-0.4, -0.2) is 17.0 Å². The number of nitrogens with one attached hydrogen (secondary N) is 1. The molecule has 0 radical (unpaired) electrons. The minimum Gasteiger partial charge on any atom is -0.361 e. The van der Waals surface area contributed by atoms with E-state index in [1.165, 1.54) is 21.7 Å². The summed E-state index contributed by atoms with van der Waals surface area (Å²) >= 11 is 3.71. The largest absolute Gasteiger partial charge is 0.361 e. The molecule has 2 rings (SSSR count). The number of hydrogen-bond acceptors (Lipinski definition) is 3. The van der Waals surface area contributed by atoms with E-state index in [1.807, 2.05) is 23.1 Å². The number of aryl methyl sites for hydroxylation is 2. The monoisotopic (exact) mass is 254 g/mol. The maximum atomic E-state index is 4.62. The van der Waals surface area contributed by atoms with Crippen LogP contribution in [0.2, 0.25) is 0 Å². The van der Waals surface area contributed by atoms with Crippen molar-refractivity contribution in [3.8, 4) is 0 Å². The highest BCUT2D eigenvalue weighted by molar-refractivity contribution is 8.14. The van der Waals surface area contributed by atoms with E-state index in [-0.39, 0.29) is 0 Å². The molecular formula is C12H18N2S2. The number of thioether (sulfide) groups is 1. The smallest absolute Gasteiger partial charge is 0.157 e. The van der Waals surface area contributed by atoms with E-state index < -0.39 is 0 Å². The van der Waals surface area contributed by atoms with Gasteiger partial charge in [-0.15, -0.1) is 11.3 Å². The predicted molar refractivity (Wildman–Crippen MR) is 74.6 cm³/mol. The summed E-state index contributed by atoms with van der Waals surface area (Å²) in [7, 11) is 0. The van der Waals surface area contributed by atoms with Crippen molar-refractivity contribution in [3.05, 3.63) is 21.4 Å². The lowest BCUT2D eigenvalue weighted by Crippen LogP contribution is -2.25. The summed E-state index contributed by atoms with van der Waals surface area (Å²) in [5.74, 6) is 1.16. The molecule has 88 valence electrons. The number of aliphatic imine (C=N–C) groups is 1. The summed E-state index contributed by atoms with van der Waals surface area (Å²) in [5.41, 5.74) is 1.39. The van der Waals surface area contributed by atoms with Crippen LogP contribution in [0, 0.1) is 13.8 Å². The Morgan fingerprint density at radius 3 is 2.88 bits per heavy atom. The molecule has 1 saturated heterocycles. The fraction of sp³-hybridized carbons (Fsp3) is 0.583. The summed E-state index contributed by atoms with van der Waals surface area (Å²) in [6.45, 7) is 7.38. The van der Waals surface area contributed by atoms with Crippen molar-refractivity contribution >= 4 is 28.3 Å². The standard InChI is InChI=1S/C12H18N2S2/c1-4-10-7-15-12(14-10)13-6-11-5-8(2)9(3)16-11/h5,10H,4,6-7H2,1-3H3,(H,13,14). The van der Waals surface area contributed by atoms with Crippen molar-refractivity contribution in [2.45, 2.75) is 39.8 Å². The fourth-order valence-corrected chi connectivity index (χ4v) is 3.69. The molecule has 4 heteroatoms. The molecule has 1 atom stereocenters. The number of nitrogens with zero attached hydrogens (tertiary/aromatic N) is 1. The highest BCUT2D eigenvalue weighted by atomic mass is 32.2. The molecule has 1 unspecified atom stereocenters. The zero-order chi connectivity index (χ0) is 11.5. The molecule has 2 nitrogen and oxygen atoms in total. The zero-order valence-corrected chi connectivity index (χ0v) is 11.7. The number of hydrogen-bond donors (Lipinski definition) is 1. The average molecular weight is 254 g/mol. The molecule has 2 heterocycles. The summed E-state index contributed by atoms with van der Waals surface area (Å²) in [5, 5.41) is 4.57. The second kappa shape index (κ2) is 5.23. The molecule has 1 aliphatic heterocycles. The van der Waals surface area contributed by atoms with Crippen LogP contribution in [0.25, 0.3) is 0 Å². The molecule has 0 bridgehead atoms. The molecular weight excluding hydrogens is 236 g/mol. The van der Waals surface area contributed by atoms with Gasteiger partial charge < -0.3 is 5.32 Å². The third kappa shape index (κ3) is 2.80. The first-order valence-corrected chi connectivity index (χ1v) is 7.49. The minimum atomic E-state index is 0.621. The quantitative estimate of drug-likeness (QED) is 0.894. The van der Waals surface area contributed by atoms with E-state index in [0.717, 1.165) is 17.5 Å². The lowest BCUT2D eigenvalue weighted by atomic mass is 10.3. The van der Waals surface area contributed by atoms with Gasteiger partial charge in [0, 0.05) is 21.5 Å². The first-order valence-electron chi connectivity index (χ1n) is 5.68. The van der Waals surface area contributed by atoms with Gasteiger partial charge in [0.05, 0.1) is 6.54 Å². The molecule has 1 aliphatic rings. The van der Waals surface area contributed by atoms with Crippen molar-refractivity contribution in [3.63, 3.8) is 0 Å². The first-order chi connectivity index (χ1) is 7.69. The van der Waals surface area contributed by atoms with Crippen molar-refractivity contribution < 1.29 is 0 Å². The van der Waals surface area contributed by atoms with Gasteiger partial charge >= 0.3 is 0 Å². The topological polar surface area (TPSA) is 24.4 Å². The van der Waals surface area contributed by atoms with Crippen molar-refractivity contribution in [2.24, 2.45) is 4.99 Å². The molecule has 0 amide bonds. The van der Waals surface area contributed by atoms with Crippen LogP contribution in [0.5, 0.6) is 0 Å². The van der Waals surface area contributed by atoms with Gasteiger partial charge in [0.2, 0.25) is 0 Å². The molecule has 16 heavy (non-hydrogen) atoms. The molecule has 1 aromatic heterocycles. The molecule has 0 aliphatic carbocycles. The molecule has 0 spiro atoms. The van der Waals surface area contributed by atoms with E-state index in [0.29, 0.717) is 6.04 Å². The number of thiophene rings is 1. The molecule has 0 aromatic carbocycles. The minimum absolute atomic E-state index is 0.621. The van der Waals surface area contributed by atoms with Gasteiger partial charge in [-0.3, -0.25) is 4.99 Å². The Labute approximate surface area is 106 Å². The number of amidine groups is 1. The Morgan fingerprint density at radius 2 is 2.31 bits per heavy atom. The molecule has 1 fully saturated rings. The third-order valence-corrected chi connectivity index (χ3v) is 5.06. The second-order valence-corrected chi connectivity index (χ2v) is 6.48. The highest BCUT2D eigenvalue weighted by Crippen LogP contribution is 2.22. The highest BCUT2D eigenvalue weighted by Gasteiger charge is 2.17. The van der Waals surface area contributed by atoms with Crippen molar-refractivity contribution in [2.75, 3.05) is 5.75 Å². The summed E-state index contributed by atoms with van der Waals surface area (Å²) in [6.07, 6.45) is 1.18. The normalized spacial score (nSPS) is 22.7. The van der Waals surface area contributed by atoms with Gasteiger partial charge in [-0.1, -0.05) is 18.7 Å². The van der Waals surface area contributed by atoms with Crippen LogP contribution in [0.1, 0.15) is 28.7 Å². The Balaban J connectivity index is 1.94. The van der Waals surface area contributed by atoms with E-state index in [4.69, 9.17) is 0 Å². The van der Waals surface area contributed by atoms with Gasteiger partial charge in [0.25, 0.3) is 0 Å². The van der Waals surface area contributed by atoms with Crippen LogP contribution in [0.15, 0.2) is 11.1 Å². The van der Waals surface area contributed by atoms with Crippen LogP contribution in [-0.2, 0) is 6.54 Å². The van der Waals surface area contributed by atoms with Gasteiger partial charge in [-0.2, -0.15) is 0 Å². The second-order valence-electron chi connectivity index (χ2n) is 4.13. The Morgan fingerprint density at radius 1 is 1.50 bits per heavy atom. The number of rotatable bonds is 3. The summed E-state index contributed by atoms with van der Waals surface area (Å²) < 4.78 is 0. The third-order valence-electron chi connectivity index (χ3n) is 2.84. The SMILES string of the molecule is CCC1CSC(=NCc2cc(C)c(C)s2)N1. The van der Waals surface area contributed by atoms with Crippen LogP contribution >= 0.6 is 23.1 Å². The summed E-state index contributed by atoms with van der Waals surface area (Å²) in [4.78, 5) is 7.40. The maximum Gasteiger partial charge on any atom is 0.157 e. The van der Waals surface area contributed by atoms with Crippen molar-refractivity contribution in [1.82, 2.24) is 5.32 Å². The van der Waals surface area contributed by atoms with E-state index in [2.05, 4.69) is 37.1 Å². The Kier molecular flexibility index (Phi) is 3.92.